The first-order valence-corrected chi connectivity index (χ1v) is 27.0. The molecule has 4 aromatic rings. The summed E-state index contributed by atoms with van der Waals surface area (Å²) in [5.41, 5.74) is 10.3. The van der Waals surface area contributed by atoms with Crippen LogP contribution in [0, 0.1) is 0 Å². The fourth-order valence-electron chi connectivity index (χ4n) is 10.5. The SMILES string of the molecule is CC(O)C1NC(=O)C(CCc2ccc(O)cc2)NC(=O)C2C[C@@H](O)CN2C(=O)C(C(C)O)NC(=O)[C@@H](NC(=O)c2ccc(N3CCN(c4ccc(OCc5ccccc5)cc4)CC3)cc2)CCCNC(=O)C2C[C@H](N)CN2C1=O. The van der Waals surface area contributed by atoms with Crippen molar-refractivity contribution in [2.45, 2.75) is 120 Å². The normalized spacial score (nSPS) is 25.6. The molecule has 11 N–H and O–H groups in total. The number of anilines is 2. The van der Waals surface area contributed by atoms with Crippen molar-refractivity contribution in [2.75, 3.05) is 55.6 Å². The summed E-state index contributed by atoms with van der Waals surface area (Å²) in [6.07, 6.45) is -4.35. The van der Waals surface area contributed by atoms with E-state index in [1.807, 2.05) is 66.7 Å². The molecule has 0 saturated carbocycles. The molecule has 79 heavy (non-hydrogen) atoms. The van der Waals surface area contributed by atoms with Crippen LogP contribution in [0.5, 0.6) is 11.5 Å². The Morgan fingerprint density at radius 2 is 1.25 bits per heavy atom. The zero-order chi connectivity index (χ0) is 56.3. The molecule has 8 rings (SSSR count). The molecular formula is C57H72N10O12. The zero-order valence-corrected chi connectivity index (χ0v) is 44.4. The monoisotopic (exact) mass is 1090 g/mol. The van der Waals surface area contributed by atoms with Crippen LogP contribution >= 0.6 is 0 Å². The van der Waals surface area contributed by atoms with Crippen LogP contribution in [0.25, 0.3) is 0 Å². The van der Waals surface area contributed by atoms with Crippen LogP contribution in [0.1, 0.15) is 67.4 Å². The predicted octanol–water partition coefficient (Wildman–Crippen LogP) is 0.0450. The van der Waals surface area contributed by atoms with Gasteiger partial charge >= 0.3 is 0 Å². The van der Waals surface area contributed by atoms with E-state index in [4.69, 9.17) is 10.5 Å². The fraction of sp³-hybridized carbons (Fsp3) is 0.456. The summed E-state index contributed by atoms with van der Waals surface area (Å²) >= 11 is 0. The molecule has 4 heterocycles. The van der Waals surface area contributed by atoms with Crippen LogP contribution in [0.15, 0.2) is 103 Å². The van der Waals surface area contributed by atoms with E-state index in [9.17, 15) is 54.0 Å². The van der Waals surface area contributed by atoms with Crippen LogP contribution in [-0.2, 0) is 41.8 Å². The molecule has 0 spiro atoms. The van der Waals surface area contributed by atoms with Crippen molar-refractivity contribution in [3.63, 3.8) is 0 Å². The van der Waals surface area contributed by atoms with Crippen molar-refractivity contribution in [2.24, 2.45) is 5.73 Å². The fourth-order valence-corrected chi connectivity index (χ4v) is 10.5. The molecule has 0 radical (unpaired) electrons. The van der Waals surface area contributed by atoms with Crippen molar-refractivity contribution in [3.05, 3.63) is 120 Å². The molecule has 22 nitrogen and oxygen atoms in total. The maximum atomic E-state index is 14.4. The third-order valence-corrected chi connectivity index (χ3v) is 15.0. The van der Waals surface area contributed by atoms with Crippen molar-refractivity contribution < 1.29 is 58.7 Å². The second kappa shape index (κ2) is 26.2. The van der Waals surface area contributed by atoms with E-state index in [-0.39, 0.29) is 69.5 Å². The number of aryl methyl sites for hydroxylation is 1. The summed E-state index contributed by atoms with van der Waals surface area (Å²) in [7, 11) is 0. The molecule has 4 fully saturated rings. The van der Waals surface area contributed by atoms with E-state index in [2.05, 4.69) is 36.4 Å². The molecule has 422 valence electrons. The Morgan fingerprint density at radius 3 is 1.86 bits per heavy atom. The number of piperazine rings is 1. The number of aromatic hydroxyl groups is 1. The maximum Gasteiger partial charge on any atom is 0.251 e. The number of amides is 7. The van der Waals surface area contributed by atoms with Gasteiger partial charge in [0.1, 0.15) is 54.4 Å². The number of aliphatic hydroxyl groups excluding tert-OH is 3. The number of aliphatic hydroxyl groups is 3. The summed E-state index contributed by atoms with van der Waals surface area (Å²) in [4.78, 5) is 106. The number of nitrogens with two attached hydrogens (primary N) is 1. The number of nitrogens with zero attached hydrogens (tertiary/aromatic N) is 4. The minimum atomic E-state index is -1.68. The Balaban J connectivity index is 0.975. The van der Waals surface area contributed by atoms with E-state index in [0.29, 0.717) is 25.3 Å². The lowest BCUT2D eigenvalue weighted by molar-refractivity contribution is -0.145. The number of carbonyl (C=O) groups is 7. The van der Waals surface area contributed by atoms with Gasteiger partial charge in [0, 0.05) is 75.2 Å². The highest BCUT2D eigenvalue weighted by molar-refractivity contribution is 6.00. The van der Waals surface area contributed by atoms with Gasteiger partial charge < -0.3 is 77.1 Å². The minimum Gasteiger partial charge on any atom is -0.508 e. The highest BCUT2D eigenvalue weighted by atomic mass is 16.5. The van der Waals surface area contributed by atoms with E-state index < -0.39 is 102 Å². The topological polar surface area (TPSA) is 309 Å². The number of fused-ring (bicyclic) bond motifs is 2. The minimum absolute atomic E-state index is 0.00384. The van der Waals surface area contributed by atoms with Gasteiger partial charge in [-0.15, -0.1) is 0 Å². The molecular weight excluding hydrogens is 1020 g/mol. The largest absolute Gasteiger partial charge is 0.508 e. The number of phenolic OH excluding ortho intramolecular Hbond substituents is 1. The quantitative estimate of drug-likeness (QED) is 0.0897. The lowest BCUT2D eigenvalue weighted by Gasteiger charge is -2.37. The molecule has 0 aliphatic carbocycles. The van der Waals surface area contributed by atoms with E-state index in [1.165, 1.54) is 30.9 Å². The third kappa shape index (κ3) is 14.7. The summed E-state index contributed by atoms with van der Waals surface area (Å²) in [6.45, 7) is 5.47. The van der Waals surface area contributed by atoms with Crippen molar-refractivity contribution >= 4 is 52.7 Å². The lowest BCUT2D eigenvalue weighted by atomic mass is 10.0. The van der Waals surface area contributed by atoms with Crippen LogP contribution in [0.4, 0.5) is 11.4 Å². The number of hydrogen-bond donors (Lipinski definition) is 10. The number of benzene rings is 4. The third-order valence-electron chi connectivity index (χ3n) is 15.0. The molecule has 7 unspecified atom stereocenters. The van der Waals surface area contributed by atoms with Crippen molar-refractivity contribution in [3.8, 4) is 11.5 Å². The van der Waals surface area contributed by atoms with Gasteiger partial charge in [-0.3, -0.25) is 33.6 Å². The second-order valence-corrected chi connectivity index (χ2v) is 20.9. The number of hydrogen-bond acceptors (Lipinski definition) is 15. The Morgan fingerprint density at radius 1 is 0.684 bits per heavy atom. The van der Waals surface area contributed by atoms with Crippen molar-refractivity contribution in [1.29, 1.82) is 0 Å². The number of carbonyl (C=O) groups excluding carboxylic acids is 7. The Hall–Kier alpha value is -7.79. The maximum absolute atomic E-state index is 14.4. The highest BCUT2D eigenvalue weighted by Gasteiger charge is 2.46. The Bertz CT molecular complexity index is 2760. The summed E-state index contributed by atoms with van der Waals surface area (Å²) in [6, 6.07) is 21.9. The highest BCUT2D eigenvalue weighted by Crippen LogP contribution is 2.26. The van der Waals surface area contributed by atoms with Gasteiger partial charge in [-0.05, 0) is 118 Å². The average Bonchev–Trinajstić information content (AvgIpc) is 4.20. The molecule has 4 saturated heterocycles. The first kappa shape index (κ1) is 57.4. The summed E-state index contributed by atoms with van der Waals surface area (Å²) < 4.78 is 5.97. The van der Waals surface area contributed by atoms with Gasteiger partial charge in [-0.2, -0.15) is 0 Å². The molecule has 0 aromatic heterocycles. The van der Waals surface area contributed by atoms with Gasteiger partial charge in [-0.1, -0.05) is 42.5 Å². The standard InChI is InChI=1S/C57H72N10O12/c1-34(68)49-56(77)66-31-39(58)29-47(66)54(75)59-24-6-9-45(60-51(72)38-13-15-40(16-14-38)64-25-27-65(28-26-64)41-17-21-44(22-18-41)79-33-37-7-4-3-5-8-37)52(73)62-50(35(2)69)57(78)67-32-43(71)30-48(67)55(76)61-46(53(74)63-49)23-12-36-10-19-42(70)20-11-36/h3-5,7-8,10-11,13-22,34-35,39,43,45-50,68-71H,6,9,12,23-33,58H2,1-2H3,(H,59,75)(H,60,72)(H,61,76)(H,62,73)(H,63,74)/t34?,35?,39-,43+,45-,46?,47?,48?,49?,50?/m0/s1. The first-order valence-electron chi connectivity index (χ1n) is 27.0. The van der Waals surface area contributed by atoms with Gasteiger partial charge in [-0.25, -0.2) is 0 Å². The number of ether oxygens (including phenoxy) is 1. The molecule has 4 aliphatic rings. The zero-order valence-electron chi connectivity index (χ0n) is 44.4. The Kier molecular flexibility index (Phi) is 19.1. The van der Waals surface area contributed by atoms with Gasteiger partial charge in [0.25, 0.3) is 5.91 Å². The molecule has 7 amide bonds. The second-order valence-electron chi connectivity index (χ2n) is 20.9. The van der Waals surface area contributed by atoms with Gasteiger partial charge in [0.15, 0.2) is 0 Å². The average molecular weight is 1090 g/mol. The molecule has 10 atom stereocenters. The number of nitrogens with one attached hydrogen (secondary N) is 5. The van der Waals surface area contributed by atoms with Gasteiger partial charge in [0.2, 0.25) is 35.4 Å². The number of rotatable bonds is 12. The van der Waals surface area contributed by atoms with Crippen LogP contribution in [0.3, 0.4) is 0 Å². The van der Waals surface area contributed by atoms with E-state index in [1.54, 1.807) is 24.3 Å². The molecule has 4 aliphatic heterocycles. The van der Waals surface area contributed by atoms with E-state index in [0.717, 1.165) is 40.7 Å². The van der Waals surface area contributed by atoms with Crippen molar-refractivity contribution in [1.82, 2.24) is 36.4 Å². The van der Waals surface area contributed by atoms with Gasteiger partial charge in [0.05, 0.1) is 18.3 Å². The summed E-state index contributed by atoms with van der Waals surface area (Å²) in [5, 5.41) is 56.1. The van der Waals surface area contributed by atoms with Crippen LogP contribution in [0.2, 0.25) is 0 Å². The predicted molar refractivity (Wildman–Crippen MR) is 291 cm³/mol. The number of phenols is 1. The molecule has 22 heteroatoms. The lowest BCUT2D eigenvalue weighted by Crippen LogP contribution is -2.61. The first-order chi connectivity index (χ1) is 37.9. The van der Waals surface area contributed by atoms with Crippen LogP contribution < -0.4 is 46.9 Å². The van der Waals surface area contributed by atoms with Crippen LogP contribution in [-0.4, -0.2) is 178 Å². The smallest absolute Gasteiger partial charge is 0.251 e. The Labute approximate surface area is 458 Å². The molecule has 4 aromatic carbocycles. The molecule has 0 bridgehead atoms. The summed E-state index contributed by atoms with van der Waals surface area (Å²) in [5.74, 6) is -4.76. The van der Waals surface area contributed by atoms with E-state index >= 15 is 0 Å².